The first-order valence-corrected chi connectivity index (χ1v) is 6.61. The molecule has 0 radical (unpaired) electrons. The van der Waals surface area contributed by atoms with Gasteiger partial charge >= 0.3 is 5.97 Å². The SMILES string of the molecule is Cc1ccc(-c2[nH]c(-c3ccccc3)nc2C(=O)O)cc1. The molecule has 0 spiro atoms. The van der Waals surface area contributed by atoms with Gasteiger partial charge in [0.15, 0.2) is 5.69 Å². The molecule has 2 N–H and O–H groups in total. The molecule has 4 heteroatoms. The first kappa shape index (κ1) is 13.1. The van der Waals surface area contributed by atoms with Crippen LogP contribution in [0.3, 0.4) is 0 Å². The Balaban J connectivity index is 2.14. The first-order chi connectivity index (χ1) is 10.1. The molecule has 0 saturated heterocycles. The Kier molecular flexibility index (Phi) is 3.28. The zero-order valence-electron chi connectivity index (χ0n) is 11.5. The molecule has 4 nitrogen and oxygen atoms in total. The van der Waals surface area contributed by atoms with Crippen LogP contribution in [-0.2, 0) is 0 Å². The predicted molar refractivity (Wildman–Crippen MR) is 81.2 cm³/mol. The molecule has 1 aromatic heterocycles. The van der Waals surface area contributed by atoms with Gasteiger partial charge in [0.25, 0.3) is 0 Å². The predicted octanol–water partition coefficient (Wildman–Crippen LogP) is 3.75. The van der Waals surface area contributed by atoms with Gasteiger partial charge in [-0.05, 0) is 6.92 Å². The van der Waals surface area contributed by atoms with Crippen molar-refractivity contribution in [1.29, 1.82) is 0 Å². The van der Waals surface area contributed by atoms with Crippen molar-refractivity contribution in [3.8, 4) is 22.6 Å². The number of nitrogens with zero attached hydrogens (tertiary/aromatic N) is 1. The van der Waals surface area contributed by atoms with E-state index in [1.165, 1.54) is 0 Å². The molecule has 0 amide bonds. The van der Waals surface area contributed by atoms with Crippen molar-refractivity contribution in [2.75, 3.05) is 0 Å². The Morgan fingerprint density at radius 1 is 1.00 bits per heavy atom. The molecule has 2 aromatic carbocycles. The molecule has 0 bridgehead atoms. The Bertz CT molecular complexity index is 774. The van der Waals surface area contributed by atoms with E-state index in [1.807, 2.05) is 61.5 Å². The summed E-state index contributed by atoms with van der Waals surface area (Å²) in [6, 6.07) is 17.2. The number of hydrogen-bond donors (Lipinski definition) is 2. The van der Waals surface area contributed by atoms with Crippen LogP contribution in [0.25, 0.3) is 22.6 Å². The van der Waals surface area contributed by atoms with Crippen LogP contribution in [0.15, 0.2) is 54.6 Å². The number of aromatic amines is 1. The van der Waals surface area contributed by atoms with Gasteiger partial charge in [0.1, 0.15) is 5.82 Å². The van der Waals surface area contributed by atoms with Crippen LogP contribution in [-0.4, -0.2) is 21.0 Å². The third kappa shape index (κ3) is 2.56. The standard InChI is InChI=1S/C17H14N2O2/c1-11-7-9-12(10-8-11)14-15(17(20)21)19-16(18-14)13-5-3-2-4-6-13/h2-10H,1H3,(H,18,19)(H,20,21). The summed E-state index contributed by atoms with van der Waals surface area (Å²) >= 11 is 0. The molecular formula is C17H14N2O2. The highest BCUT2D eigenvalue weighted by atomic mass is 16.4. The quantitative estimate of drug-likeness (QED) is 0.766. The smallest absolute Gasteiger partial charge is 0.356 e. The average molecular weight is 278 g/mol. The fraction of sp³-hybridized carbons (Fsp3) is 0.0588. The molecule has 104 valence electrons. The van der Waals surface area contributed by atoms with Crippen molar-refractivity contribution in [3.63, 3.8) is 0 Å². The summed E-state index contributed by atoms with van der Waals surface area (Å²) < 4.78 is 0. The van der Waals surface area contributed by atoms with E-state index in [1.54, 1.807) is 0 Å². The summed E-state index contributed by atoms with van der Waals surface area (Å²) in [5.41, 5.74) is 3.36. The second-order valence-electron chi connectivity index (χ2n) is 4.85. The van der Waals surface area contributed by atoms with E-state index in [2.05, 4.69) is 9.97 Å². The number of H-pyrrole nitrogens is 1. The van der Waals surface area contributed by atoms with Crippen LogP contribution >= 0.6 is 0 Å². The van der Waals surface area contributed by atoms with E-state index in [0.717, 1.165) is 16.7 Å². The fourth-order valence-corrected chi connectivity index (χ4v) is 2.19. The molecule has 0 fully saturated rings. The lowest BCUT2D eigenvalue weighted by atomic mass is 10.1. The normalized spacial score (nSPS) is 10.5. The van der Waals surface area contributed by atoms with E-state index in [4.69, 9.17) is 0 Å². The van der Waals surface area contributed by atoms with Gasteiger partial charge in [0.05, 0.1) is 5.69 Å². The largest absolute Gasteiger partial charge is 0.476 e. The molecule has 21 heavy (non-hydrogen) atoms. The number of aromatic carboxylic acids is 1. The molecule has 3 rings (SSSR count). The number of carboxylic acid groups (broad SMARTS) is 1. The van der Waals surface area contributed by atoms with Crippen molar-refractivity contribution in [1.82, 2.24) is 9.97 Å². The van der Waals surface area contributed by atoms with Crippen LogP contribution in [0.4, 0.5) is 0 Å². The summed E-state index contributed by atoms with van der Waals surface area (Å²) in [5.74, 6) is -0.479. The maximum Gasteiger partial charge on any atom is 0.356 e. The van der Waals surface area contributed by atoms with E-state index >= 15 is 0 Å². The first-order valence-electron chi connectivity index (χ1n) is 6.61. The fourth-order valence-electron chi connectivity index (χ4n) is 2.19. The molecule has 0 aliphatic rings. The van der Waals surface area contributed by atoms with E-state index < -0.39 is 5.97 Å². The third-order valence-electron chi connectivity index (χ3n) is 3.29. The number of benzene rings is 2. The molecule has 0 unspecified atom stereocenters. The third-order valence-corrected chi connectivity index (χ3v) is 3.29. The summed E-state index contributed by atoms with van der Waals surface area (Å²) in [7, 11) is 0. The number of rotatable bonds is 3. The second kappa shape index (κ2) is 5.25. The molecule has 0 aliphatic heterocycles. The molecule has 1 heterocycles. The van der Waals surface area contributed by atoms with Crippen molar-refractivity contribution in [3.05, 3.63) is 65.9 Å². The topological polar surface area (TPSA) is 66.0 Å². The van der Waals surface area contributed by atoms with Crippen molar-refractivity contribution < 1.29 is 9.90 Å². The van der Waals surface area contributed by atoms with E-state index in [-0.39, 0.29) is 5.69 Å². The van der Waals surface area contributed by atoms with Gasteiger partial charge < -0.3 is 10.1 Å². The Morgan fingerprint density at radius 3 is 2.29 bits per heavy atom. The van der Waals surface area contributed by atoms with Gasteiger partial charge in [-0.25, -0.2) is 9.78 Å². The molecule has 0 atom stereocenters. The van der Waals surface area contributed by atoms with Gasteiger partial charge in [-0.1, -0.05) is 60.2 Å². The number of aryl methyl sites for hydroxylation is 1. The summed E-state index contributed by atoms with van der Waals surface area (Å²) in [5, 5.41) is 9.36. The Hall–Kier alpha value is -2.88. The maximum atomic E-state index is 11.4. The maximum absolute atomic E-state index is 11.4. The van der Waals surface area contributed by atoms with Crippen LogP contribution in [0.2, 0.25) is 0 Å². The Morgan fingerprint density at radius 2 is 1.67 bits per heavy atom. The monoisotopic (exact) mass is 278 g/mol. The van der Waals surface area contributed by atoms with Crippen molar-refractivity contribution in [2.24, 2.45) is 0 Å². The zero-order chi connectivity index (χ0) is 14.8. The zero-order valence-corrected chi connectivity index (χ0v) is 11.5. The Labute approximate surface area is 122 Å². The highest BCUT2D eigenvalue weighted by molar-refractivity contribution is 5.94. The van der Waals surface area contributed by atoms with Gasteiger partial charge in [-0.3, -0.25) is 0 Å². The lowest BCUT2D eigenvalue weighted by molar-refractivity contribution is 0.0692. The van der Waals surface area contributed by atoms with Crippen LogP contribution < -0.4 is 0 Å². The minimum atomic E-state index is -1.04. The molecular weight excluding hydrogens is 264 g/mol. The second-order valence-corrected chi connectivity index (χ2v) is 4.85. The highest BCUT2D eigenvalue weighted by Gasteiger charge is 2.18. The number of carbonyl (C=O) groups is 1. The average Bonchev–Trinajstić information content (AvgIpc) is 2.94. The van der Waals surface area contributed by atoms with Gasteiger partial charge in [0, 0.05) is 11.1 Å². The van der Waals surface area contributed by atoms with Gasteiger partial charge in [-0.15, -0.1) is 0 Å². The highest BCUT2D eigenvalue weighted by Crippen LogP contribution is 2.26. The summed E-state index contributed by atoms with van der Waals surface area (Å²) in [4.78, 5) is 18.8. The van der Waals surface area contributed by atoms with Crippen molar-refractivity contribution >= 4 is 5.97 Å². The number of nitrogens with one attached hydrogen (secondary N) is 1. The van der Waals surface area contributed by atoms with Crippen LogP contribution in [0, 0.1) is 6.92 Å². The van der Waals surface area contributed by atoms with E-state index in [9.17, 15) is 9.90 Å². The number of carboxylic acids is 1. The number of imidazole rings is 1. The van der Waals surface area contributed by atoms with Gasteiger partial charge in [-0.2, -0.15) is 0 Å². The minimum absolute atomic E-state index is 0.0395. The summed E-state index contributed by atoms with van der Waals surface area (Å²) in [6.07, 6.45) is 0. The number of hydrogen-bond acceptors (Lipinski definition) is 2. The minimum Gasteiger partial charge on any atom is -0.476 e. The summed E-state index contributed by atoms with van der Waals surface area (Å²) in [6.45, 7) is 1.99. The van der Waals surface area contributed by atoms with Crippen molar-refractivity contribution in [2.45, 2.75) is 6.92 Å². The van der Waals surface area contributed by atoms with Gasteiger partial charge in [0.2, 0.25) is 0 Å². The lowest BCUT2D eigenvalue weighted by Gasteiger charge is -2.00. The van der Waals surface area contributed by atoms with E-state index in [0.29, 0.717) is 11.5 Å². The lowest BCUT2D eigenvalue weighted by Crippen LogP contribution is -1.99. The molecule has 3 aromatic rings. The van der Waals surface area contributed by atoms with Crippen LogP contribution in [0.1, 0.15) is 16.1 Å². The number of aromatic nitrogens is 2. The van der Waals surface area contributed by atoms with Crippen LogP contribution in [0.5, 0.6) is 0 Å². The molecule has 0 saturated carbocycles. The molecule has 0 aliphatic carbocycles.